The summed E-state index contributed by atoms with van der Waals surface area (Å²) < 4.78 is 0. The number of hydrogen-bond donors (Lipinski definition) is 0. The van der Waals surface area contributed by atoms with E-state index < -0.39 is 5.97 Å². The minimum Gasteiger partial charge on any atom is -0.293 e. The molecule has 147 valence electrons. The maximum atomic E-state index is 12.1. The van der Waals surface area contributed by atoms with Gasteiger partial charge in [-0.3, -0.25) is 4.89 Å². The summed E-state index contributed by atoms with van der Waals surface area (Å²) >= 11 is 0. The van der Waals surface area contributed by atoms with Crippen molar-refractivity contribution in [3.05, 3.63) is 41.8 Å². The first-order valence-electron chi connectivity index (χ1n) is 10.4. The van der Waals surface area contributed by atoms with E-state index in [1.807, 2.05) is 32.0 Å². The third-order valence-electron chi connectivity index (χ3n) is 4.80. The summed E-state index contributed by atoms with van der Waals surface area (Å²) in [4.78, 5) is 22.1. The molecule has 0 aliphatic heterocycles. The number of carbonyl (C=O) groups is 1. The van der Waals surface area contributed by atoms with Crippen LogP contribution in [0.25, 0.3) is 0 Å². The zero-order valence-corrected chi connectivity index (χ0v) is 16.9. The maximum absolute atomic E-state index is 12.1. The molecule has 26 heavy (non-hydrogen) atoms. The van der Waals surface area contributed by atoms with Crippen LogP contribution in [-0.2, 0) is 9.78 Å². The maximum Gasteiger partial charge on any atom is 0.373 e. The van der Waals surface area contributed by atoms with Gasteiger partial charge in [-0.2, -0.15) is 4.89 Å². The van der Waals surface area contributed by atoms with E-state index in [9.17, 15) is 4.79 Å². The molecule has 0 fully saturated rings. The van der Waals surface area contributed by atoms with Crippen molar-refractivity contribution >= 4 is 5.97 Å². The molecule has 1 radical (unpaired) electrons. The van der Waals surface area contributed by atoms with E-state index in [1.165, 1.54) is 57.8 Å². The number of benzene rings is 1. The Kier molecular flexibility index (Phi) is 12.9. The molecule has 0 bridgehead atoms. The van der Waals surface area contributed by atoms with Crippen molar-refractivity contribution in [1.82, 2.24) is 0 Å². The Hall–Kier alpha value is -1.35. The van der Waals surface area contributed by atoms with E-state index in [2.05, 4.69) is 6.92 Å². The van der Waals surface area contributed by atoms with Gasteiger partial charge in [-0.25, -0.2) is 4.79 Å². The highest BCUT2D eigenvalue weighted by Gasteiger charge is 2.14. The Morgan fingerprint density at radius 2 is 1.27 bits per heavy atom. The Balaban J connectivity index is 1.93. The summed E-state index contributed by atoms with van der Waals surface area (Å²) in [5, 5.41) is 0. The van der Waals surface area contributed by atoms with Gasteiger partial charge in [-0.05, 0) is 31.4 Å². The van der Waals surface area contributed by atoms with Crippen LogP contribution < -0.4 is 0 Å². The van der Waals surface area contributed by atoms with Gasteiger partial charge >= 0.3 is 5.97 Å². The molecule has 1 rings (SSSR count). The van der Waals surface area contributed by atoms with Gasteiger partial charge < -0.3 is 0 Å². The summed E-state index contributed by atoms with van der Waals surface area (Å²) in [6, 6.07) is 5.76. The Labute approximate surface area is 160 Å². The summed E-state index contributed by atoms with van der Waals surface area (Å²) in [6.07, 6.45) is 15.1. The summed E-state index contributed by atoms with van der Waals surface area (Å²) in [6.45, 7) is 8.17. The van der Waals surface area contributed by atoms with Gasteiger partial charge in [0.05, 0.1) is 12.2 Å². The molecule has 1 aromatic carbocycles. The smallest absolute Gasteiger partial charge is 0.293 e. The second-order valence-corrected chi connectivity index (χ2v) is 7.20. The van der Waals surface area contributed by atoms with Crippen LogP contribution in [-0.4, -0.2) is 12.6 Å². The first-order valence-corrected chi connectivity index (χ1v) is 10.4. The van der Waals surface area contributed by atoms with Crippen molar-refractivity contribution in [2.45, 2.75) is 90.9 Å². The van der Waals surface area contributed by atoms with Gasteiger partial charge in [0.15, 0.2) is 0 Å². The largest absolute Gasteiger partial charge is 0.373 e. The van der Waals surface area contributed by atoms with Gasteiger partial charge in [0, 0.05) is 0 Å². The highest BCUT2D eigenvalue weighted by atomic mass is 17.2. The van der Waals surface area contributed by atoms with Gasteiger partial charge in [-0.15, -0.1) is 0 Å². The molecule has 0 aliphatic rings. The summed E-state index contributed by atoms with van der Waals surface area (Å²) in [5.74, 6) is -0.393. The second kappa shape index (κ2) is 14.8. The first kappa shape index (κ1) is 22.7. The van der Waals surface area contributed by atoms with Gasteiger partial charge in [0.2, 0.25) is 0 Å². The first-order chi connectivity index (χ1) is 12.7. The van der Waals surface area contributed by atoms with Crippen molar-refractivity contribution in [2.75, 3.05) is 6.61 Å². The van der Waals surface area contributed by atoms with E-state index in [1.54, 1.807) is 0 Å². The molecular formula is C23H37O3. The van der Waals surface area contributed by atoms with Crippen molar-refractivity contribution in [2.24, 2.45) is 0 Å². The average Bonchev–Trinajstić information content (AvgIpc) is 2.62. The molecule has 0 atom stereocenters. The molecule has 3 nitrogen and oxygen atoms in total. The second-order valence-electron chi connectivity index (χ2n) is 7.20. The lowest BCUT2D eigenvalue weighted by Crippen LogP contribution is -2.10. The molecule has 0 amide bonds. The topological polar surface area (TPSA) is 35.5 Å². The Morgan fingerprint density at radius 3 is 1.77 bits per heavy atom. The lowest BCUT2D eigenvalue weighted by molar-refractivity contribution is -0.241. The average molecular weight is 362 g/mol. The lowest BCUT2D eigenvalue weighted by Gasteiger charge is -2.08. The fraction of sp³-hybridized carbons (Fsp3) is 0.652. The van der Waals surface area contributed by atoms with Crippen molar-refractivity contribution in [1.29, 1.82) is 0 Å². The van der Waals surface area contributed by atoms with Crippen LogP contribution in [0.4, 0.5) is 0 Å². The van der Waals surface area contributed by atoms with Crippen LogP contribution in [0.1, 0.15) is 98.5 Å². The monoisotopic (exact) mass is 361 g/mol. The Bertz CT molecular complexity index is 476. The van der Waals surface area contributed by atoms with Crippen molar-refractivity contribution in [3.8, 4) is 0 Å². The lowest BCUT2D eigenvalue weighted by atomic mass is 10.0. The molecule has 0 saturated heterocycles. The molecule has 0 aromatic heterocycles. The normalized spacial score (nSPS) is 10.9. The number of hydrogen-bond acceptors (Lipinski definition) is 3. The zero-order valence-electron chi connectivity index (χ0n) is 16.9. The highest BCUT2D eigenvalue weighted by molar-refractivity contribution is 5.92. The van der Waals surface area contributed by atoms with Crippen LogP contribution in [0.3, 0.4) is 0 Å². The molecule has 0 saturated carbocycles. The predicted molar refractivity (Wildman–Crippen MR) is 108 cm³/mol. The fourth-order valence-corrected chi connectivity index (χ4v) is 3.20. The molecule has 0 aliphatic carbocycles. The van der Waals surface area contributed by atoms with Crippen LogP contribution in [0.15, 0.2) is 18.2 Å². The quantitative estimate of drug-likeness (QED) is 0.193. The number of aryl methyl sites for hydroxylation is 2. The van der Waals surface area contributed by atoms with Crippen molar-refractivity contribution < 1.29 is 14.6 Å². The van der Waals surface area contributed by atoms with E-state index in [-0.39, 0.29) is 0 Å². The minimum absolute atomic E-state index is 0.393. The number of rotatable bonds is 15. The number of carbonyl (C=O) groups excluding carboxylic acids is 1. The van der Waals surface area contributed by atoms with Crippen LogP contribution in [0.5, 0.6) is 0 Å². The molecule has 0 heterocycles. The molecule has 3 heteroatoms. The SMILES string of the molecule is [CH2]CCCCCCCCCCCCCOOC(=O)c1c(C)cccc1C. The Morgan fingerprint density at radius 1 is 0.808 bits per heavy atom. The fourth-order valence-electron chi connectivity index (χ4n) is 3.20. The molecule has 0 N–H and O–H groups in total. The predicted octanol–water partition coefficient (Wildman–Crippen LogP) is 6.91. The van der Waals surface area contributed by atoms with Crippen LogP contribution >= 0.6 is 0 Å². The van der Waals surface area contributed by atoms with E-state index in [0.29, 0.717) is 12.2 Å². The third-order valence-corrected chi connectivity index (χ3v) is 4.80. The number of unbranched alkanes of at least 4 members (excludes halogenated alkanes) is 11. The highest BCUT2D eigenvalue weighted by Crippen LogP contribution is 2.15. The van der Waals surface area contributed by atoms with Gasteiger partial charge in [-0.1, -0.05) is 95.8 Å². The molecule has 1 aromatic rings. The van der Waals surface area contributed by atoms with Crippen molar-refractivity contribution in [3.63, 3.8) is 0 Å². The molecule has 0 unspecified atom stereocenters. The summed E-state index contributed by atoms with van der Waals surface area (Å²) in [7, 11) is 0. The molecule has 0 spiro atoms. The summed E-state index contributed by atoms with van der Waals surface area (Å²) in [5.41, 5.74) is 2.45. The molecular weight excluding hydrogens is 324 g/mol. The van der Waals surface area contributed by atoms with Crippen LogP contribution in [0.2, 0.25) is 0 Å². The van der Waals surface area contributed by atoms with Gasteiger partial charge in [0.25, 0.3) is 0 Å². The van der Waals surface area contributed by atoms with E-state index >= 15 is 0 Å². The van der Waals surface area contributed by atoms with E-state index in [4.69, 9.17) is 9.78 Å². The third kappa shape index (κ3) is 9.96. The minimum atomic E-state index is -0.393. The van der Waals surface area contributed by atoms with Gasteiger partial charge in [0.1, 0.15) is 0 Å². The zero-order chi connectivity index (χ0) is 19.0. The standard InChI is InChI=1S/C23H37O3/c1-4-5-6-7-8-9-10-11-12-13-14-15-19-25-26-23(24)22-20(2)17-16-18-21(22)3/h16-18H,1,4-15,19H2,2-3H3. The van der Waals surface area contributed by atoms with Crippen LogP contribution in [0, 0.1) is 20.8 Å². The van der Waals surface area contributed by atoms with E-state index in [0.717, 1.165) is 30.4 Å².